The number of sulfonamides is 1. The van der Waals surface area contributed by atoms with E-state index in [0.29, 0.717) is 48.8 Å². The van der Waals surface area contributed by atoms with Crippen molar-refractivity contribution in [2.75, 3.05) is 32.5 Å². The largest absolute Gasteiger partial charge is 0.489 e. The quantitative estimate of drug-likeness (QED) is 0.773. The Balaban J connectivity index is 1.64. The molecule has 1 atom stereocenters. The highest BCUT2D eigenvalue weighted by molar-refractivity contribution is 7.88. The summed E-state index contributed by atoms with van der Waals surface area (Å²) in [6, 6.07) is 4.85. The monoisotopic (exact) mass is 430 g/mol. The standard InChI is InChI=1S/C19H27ClN2O5S/c1-28(25,26)21-10-7-16(8-11-21)27-18-6-5-14(12-17(18)20)19(24)22-9-3-2-4-15(22)13-23/h5-6,12,15-16,23H,2-4,7-11,13H2,1H3. The molecular weight excluding hydrogens is 404 g/mol. The van der Waals surface area contributed by atoms with Crippen LogP contribution in [0.1, 0.15) is 42.5 Å². The van der Waals surface area contributed by atoms with Crippen LogP contribution in [0, 0.1) is 0 Å². The van der Waals surface area contributed by atoms with E-state index in [1.807, 2.05) is 0 Å². The van der Waals surface area contributed by atoms with Crippen LogP contribution >= 0.6 is 11.6 Å². The van der Waals surface area contributed by atoms with Gasteiger partial charge in [-0.25, -0.2) is 12.7 Å². The number of amides is 1. The first-order valence-corrected chi connectivity index (χ1v) is 11.9. The van der Waals surface area contributed by atoms with Gasteiger partial charge in [0.15, 0.2) is 0 Å². The molecule has 2 saturated heterocycles. The summed E-state index contributed by atoms with van der Waals surface area (Å²) in [7, 11) is -3.17. The van der Waals surface area contributed by atoms with Gasteiger partial charge in [0.2, 0.25) is 10.0 Å². The van der Waals surface area contributed by atoms with Gasteiger partial charge in [-0.2, -0.15) is 0 Å². The minimum absolute atomic E-state index is 0.0349. The smallest absolute Gasteiger partial charge is 0.254 e. The first kappa shape index (κ1) is 21.4. The van der Waals surface area contributed by atoms with Crippen LogP contribution in [0.5, 0.6) is 5.75 Å². The van der Waals surface area contributed by atoms with Crippen LogP contribution in [0.4, 0.5) is 0 Å². The summed E-state index contributed by atoms with van der Waals surface area (Å²) in [5, 5.41) is 9.88. The van der Waals surface area contributed by atoms with Gasteiger partial charge in [0.1, 0.15) is 11.9 Å². The number of piperidine rings is 2. The number of ether oxygens (including phenoxy) is 1. The predicted molar refractivity (Wildman–Crippen MR) is 107 cm³/mol. The number of aliphatic hydroxyl groups excluding tert-OH is 1. The Morgan fingerprint density at radius 2 is 1.93 bits per heavy atom. The minimum atomic E-state index is -3.17. The molecule has 0 aromatic heterocycles. The van der Waals surface area contributed by atoms with Crippen LogP contribution in [-0.2, 0) is 10.0 Å². The Morgan fingerprint density at radius 3 is 2.54 bits per heavy atom. The molecule has 28 heavy (non-hydrogen) atoms. The molecule has 2 aliphatic heterocycles. The van der Waals surface area contributed by atoms with E-state index >= 15 is 0 Å². The van der Waals surface area contributed by atoms with Gasteiger partial charge in [-0.3, -0.25) is 4.79 Å². The van der Waals surface area contributed by atoms with Gasteiger partial charge in [-0.05, 0) is 50.3 Å². The third-order valence-corrected chi connectivity index (χ3v) is 7.04. The number of likely N-dealkylation sites (tertiary alicyclic amines) is 1. The molecule has 156 valence electrons. The van der Waals surface area contributed by atoms with Gasteiger partial charge in [-0.1, -0.05) is 11.6 Å². The van der Waals surface area contributed by atoms with E-state index in [1.54, 1.807) is 23.1 Å². The molecule has 0 spiro atoms. The van der Waals surface area contributed by atoms with E-state index in [0.717, 1.165) is 19.3 Å². The maximum Gasteiger partial charge on any atom is 0.254 e. The molecule has 7 nitrogen and oxygen atoms in total. The van der Waals surface area contributed by atoms with Crippen LogP contribution in [0.3, 0.4) is 0 Å². The molecule has 1 unspecified atom stereocenters. The summed E-state index contributed by atoms with van der Waals surface area (Å²) in [5.74, 6) is 0.363. The van der Waals surface area contributed by atoms with E-state index in [4.69, 9.17) is 16.3 Å². The lowest BCUT2D eigenvalue weighted by Gasteiger charge is -2.34. The molecule has 0 bridgehead atoms. The number of hydrogen-bond acceptors (Lipinski definition) is 5. The molecule has 0 radical (unpaired) electrons. The average Bonchev–Trinajstić information content (AvgIpc) is 2.68. The molecule has 2 aliphatic rings. The van der Waals surface area contributed by atoms with E-state index in [2.05, 4.69) is 0 Å². The Labute approximate surface area is 171 Å². The number of nitrogens with zero attached hydrogens (tertiary/aromatic N) is 2. The van der Waals surface area contributed by atoms with Crippen molar-refractivity contribution in [3.63, 3.8) is 0 Å². The molecule has 9 heteroatoms. The van der Waals surface area contributed by atoms with E-state index < -0.39 is 10.0 Å². The molecule has 1 N–H and O–H groups in total. The van der Waals surface area contributed by atoms with Crippen molar-refractivity contribution >= 4 is 27.5 Å². The van der Waals surface area contributed by atoms with Crippen LogP contribution in [-0.4, -0.2) is 73.3 Å². The Hall–Kier alpha value is -1.35. The topological polar surface area (TPSA) is 87.2 Å². The van der Waals surface area contributed by atoms with Gasteiger partial charge in [-0.15, -0.1) is 0 Å². The SMILES string of the molecule is CS(=O)(=O)N1CCC(Oc2ccc(C(=O)N3CCCCC3CO)cc2Cl)CC1. The minimum Gasteiger partial charge on any atom is -0.489 e. The van der Waals surface area contributed by atoms with Crippen molar-refractivity contribution < 1.29 is 23.1 Å². The van der Waals surface area contributed by atoms with Gasteiger partial charge < -0.3 is 14.7 Å². The second kappa shape index (κ2) is 8.98. The fourth-order valence-electron chi connectivity index (χ4n) is 3.81. The molecule has 2 fully saturated rings. The van der Waals surface area contributed by atoms with Crippen molar-refractivity contribution in [2.45, 2.75) is 44.2 Å². The van der Waals surface area contributed by atoms with Crippen molar-refractivity contribution in [2.24, 2.45) is 0 Å². The van der Waals surface area contributed by atoms with E-state index in [1.165, 1.54) is 10.6 Å². The average molecular weight is 431 g/mol. The predicted octanol–water partition coefficient (Wildman–Crippen LogP) is 2.13. The number of aliphatic hydroxyl groups is 1. The molecule has 2 heterocycles. The molecular formula is C19H27ClN2O5S. The highest BCUT2D eigenvalue weighted by Gasteiger charge is 2.28. The van der Waals surface area contributed by atoms with Crippen LogP contribution < -0.4 is 4.74 Å². The number of carbonyl (C=O) groups is 1. The first-order chi connectivity index (χ1) is 13.3. The zero-order valence-electron chi connectivity index (χ0n) is 16.0. The van der Waals surface area contributed by atoms with Gasteiger partial charge in [0.05, 0.1) is 23.9 Å². The number of rotatable bonds is 5. The van der Waals surface area contributed by atoms with Crippen LogP contribution in [0.15, 0.2) is 18.2 Å². The summed E-state index contributed by atoms with van der Waals surface area (Å²) in [5.41, 5.74) is 0.476. The maximum absolute atomic E-state index is 12.8. The number of benzene rings is 1. The molecule has 3 rings (SSSR count). The second-order valence-electron chi connectivity index (χ2n) is 7.46. The summed E-state index contributed by atoms with van der Waals surface area (Å²) in [4.78, 5) is 14.5. The third kappa shape index (κ3) is 4.97. The lowest BCUT2D eigenvalue weighted by Crippen LogP contribution is -2.45. The maximum atomic E-state index is 12.8. The van der Waals surface area contributed by atoms with Gasteiger partial charge >= 0.3 is 0 Å². The first-order valence-electron chi connectivity index (χ1n) is 9.62. The van der Waals surface area contributed by atoms with E-state index in [-0.39, 0.29) is 24.7 Å². The third-order valence-electron chi connectivity index (χ3n) is 5.44. The Bertz CT molecular complexity index is 809. The molecule has 1 aromatic rings. The summed E-state index contributed by atoms with van der Waals surface area (Å²) in [6.45, 7) is 1.45. The lowest BCUT2D eigenvalue weighted by molar-refractivity contribution is 0.0503. The Morgan fingerprint density at radius 1 is 1.21 bits per heavy atom. The summed E-state index contributed by atoms with van der Waals surface area (Å²) in [6.07, 6.45) is 5.04. The fraction of sp³-hybridized carbons (Fsp3) is 0.632. The molecule has 1 aromatic carbocycles. The summed E-state index contributed by atoms with van der Waals surface area (Å²) >= 11 is 6.35. The highest BCUT2D eigenvalue weighted by atomic mass is 35.5. The van der Waals surface area contributed by atoms with Crippen molar-refractivity contribution in [3.8, 4) is 5.75 Å². The highest BCUT2D eigenvalue weighted by Crippen LogP contribution is 2.30. The van der Waals surface area contributed by atoms with Crippen LogP contribution in [0.25, 0.3) is 0 Å². The number of carbonyl (C=O) groups excluding carboxylic acids is 1. The summed E-state index contributed by atoms with van der Waals surface area (Å²) < 4.78 is 30.6. The van der Waals surface area contributed by atoms with Crippen molar-refractivity contribution in [1.82, 2.24) is 9.21 Å². The number of halogens is 1. The zero-order chi connectivity index (χ0) is 20.3. The zero-order valence-corrected chi connectivity index (χ0v) is 17.6. The van der Waals surface area contributed by atoms with Crippen LogP contribution in [0.2, 0.25) is 5.02 Å². The number of hydrogen-bond donors (Lipinski definition) is 1. The van der Waals surface area contributed by atoms with Crippen molar-refractivity contribution in [3.05, 3.63) is 28.8 Å². The van der Waals surface area contributed by atoms with Crippen molar-refractivity contribution in [1.29, 1.82) is 0 Å². The molecule has 1 amide bonds. The van der Waals surface area contributed by atoms with E-state index in [9.17, 15) is 18.3 Å². The Kier molecular flexibility index (Phi) is 6.85. The normalized spacial score (nSPS) is 22.2. The fourth-order valence-corrected chi connectivity index (χ4v) is 4.91. The van der Waals surface area contributed by atoms with Gasteiger partial charge in [0, 0.05) is 25.2 Å². The second-order valence-corrected chi connectivity index (χ2v) is 9.84. The molecule has 0 aliphatic carbocycles. The van der Waals surface area contributed by atoms with Gasteiger partial charge in [0.25, 0.3) is 5.91 Å². The lowest BCUT2D eigenvalue weighted by atomic mass is 10.0. The molecule has 0 saturated carbocycles.